The number of nitriles is 1. The van der Waals surface area contributed by atoms with Crippen molar-refractivity contribution in [1.82, 2.24) is 0 Å². The molecular weight excluding hydrogens is 322 g/mol. The topological polar surface area (TPSA) is 106 Å². The maximum absolute atomic E-state index is 13.5. The molecule has 7 heteroatoms. The second kappa shape index (κ2) is 5.76. The van der Waals surface area contributed by atoms with E-state index in [2.05, 4.69) is 0 Å². The number of anilines is 1. The van der Waals surface area contributed by atoms with Crippen molar-refractivity contribution in [3.63, 3.8) is 0 Å². The highest BCUT2D eigenvalue weighted by Gasteiger charge is 2.60. The van der Waals surface area contributed by atoms with Gasteiger partial charge >= 0.3 is 0 Å². The predicted octanol–water partition coefficient (Wildman–Crippen LogP) is 1.46. The van der Waals surface area contributed by atoms with Crippen molar-refractivity contribution in [1.29, 1.82) is 5.26 Å². The summed E-state index contributed by atoms with van der Waals surface area (Å²) in [7, 11) is 1.47. The lowest BCUT2D eigenvalue weighted by Crippen LogP contribution is -2.48. The summed E-state index contributed by atoms with van der Waals surface area (Å²) in [4.78, 5) is 27.3. The van der Waals surface area contributed by atoms with Crippen LogP contribution in [0.4, 0.5) is 5.69 Å². The van der Waals surface area contributed by atoms with Crippen molar-refractivity contribution in [2.75, 3.05) is 18.7 Å². The Balaban J connectivity index is 2.45. The molecule has 1 atom stereocenters. The number of nitrogens with two attached hydrogens (primary N) is 1. The molecule has 25 heavy (non-hydrogen) atoms. The number of carbonyl (C=O) groups is 2. The smallest absolute Gasteiger partial charge is 0.249 e. The lowest BCUT2D eigenvalue weighted by Gasteiger charge is -2.34. The first-order chi connectivity index (χ1) is 11.9. The molecule has 1 aromatic rings. The van der Waals surface area contributed by atoms with Gasteiger partial charge in [0.2, 0.25) is 11.8 Å². The molecule has 1 aromatic carbocycles. The molecule has 2 heterocycles. The molecule has 128 valence electrons. The zero-order chi connectivity index (χ0) is 18.4. The lowest BCUT2D eigenvalue weighted by molar-refractivity contribution is -0.124. The normalized spacial score (nSPS) is 22.2. The number of fused-ring (bicyclic) bond motifs is 2. The Bertz CT molecular complexity index is 894. The number of ketones is 1. The number of methoxy groups -OCH3 is 1. The van der Waals surface area contributed by atoms with Crippen LogP contribution in [0.25, 0.3) is 0 Å². The van der Waals surface area contributed by atoms with Gasteiger partial charge in [0.15, 0.2) is 5.78 Å². The summed E-state index contributed by atoms with van der Waals surface area (Å²) < 4.78 is 10.5. The minimum atomic E-state index is -1.61. The highest BCUT2D eigenvalue weighted by Crippen LogP contribution is 2.53. The van der Waals surface area contributed by atoms with Gasteiger partial charge in [0.25, 0.3) is 0 Å². The number of benzene rings is 1. The van der Waals surface area contributed by atoms with Gasteiger partial charge in [-0.25, -0.2) is 0 Å². The molecule has 1 amide bonds. The highest BCUT2D eigenvalue weighted by atomic mass is 16.5. The Morgan fingerprint density at radius 2 is 2.12 bits per heavy atom. The van der Waals surface area contributed by atoms with E-state index in [1.54, 1.807) is 31.2 Å². The summed E-state index contributed by atoms with van der Waals surface area (Å²) in [5.74, 6) is -0.776. The van der Waals surface area contributed by atoms with Gasteiger partial charge in [0.05, 0.1) is 11.3 Å². The van der Waals surface area contributed by atoms with Crippen molar-refractivity contribution in [3.8, 4) is 6.07 Å². The summed E-state index contributed by atoms with van der Waals surface area (Å²) in [6.45, 7) is 2.89. The zero-order valence-corrected chi connectivity index (χ0v) is 14.1. The first-order valence-corrected chi connectivity index (χ1v) is 7.62. The zero-order valence-electron chi connectivity index (χ0n) is 14.1. The Morgan fingerprint density at radius 1 is 1.44 bits per heavy atom. The molecule has 2 N–H and O–H groups in total. The molecule has 1 spiro atoms. The minimum absolute atomic E-state index is 0.0126. The average Bonchev–Trinajstić information content (AvgIpc) is 2.79. The fraction of sp³-hybridized carbons (Fsp3) is 0.278. The fourth-order valence-corrected chi connectivity index (χ4v) is 3.69. The third kappa shape index (κ3) is 2.01. The summed E-state index contributed by atoms with van der Waals surface area (Å²) in [5.41, 5.74) is 5.44. The van der Waals surface area contributed by atoms with Crippen LogP contribution in [0.3, 0.4) is 0 Å². The third-order valence-electron chi connectivity index (χ3n) is 4.50. The van der Waals surface area contributed by atoms with E-state index < -0.39 is 11.3 Å². The summed E-state index contributed by atoms with van der Waals surface area (Å²) in [6, 6.07) is 8.96. The monoisotopic (exact) mass is 339 g/mol. The van der Waals surface area contributed by atoms with Crippen molar-refractivity contribution in [2.24, 2.45) is 5.73 Å². The van der Waals surface area contributed by atoms with Crippen LogP contribution in [0.5, 0.6) is 0 Å². The molecule has 2 aliphatic rings. The van der Waals surface area contributed by atoms with Crippen LogP contribution in [0.1, 0.15) is 19.4 Å². The van der Waals surface area contributed by atoms with Gasteiger partial charge in [-0.2, -0.15) is 5.26 Å². The molecule has 2 aliphatic heterocycles. The van der Waals surface area contributed by atoms with Gasteiger partial charge in [0, 0.05) is 12.7 Å². The second-order valence-corrected chi connectivity index (χ2v) is 5.86. The van der Waals surface area contributed by atoms with Crippen LogP contribution in [0.15, 0.2) is 47.1 Å². The Morgan fingerprint density at radius 3 is 2.72 bits per heavy atom. The van der Waals surface area contributed by atoms with E-state index in [1.807, 2.05) is 6.07 Å². The molecule has 0 fully saturated rings. The predicted molar refractivity (Wildman–Crippen MR) is 88.8 cm³/mol. The molecular formula is C18H17N3O4. The number of para-hydroxylation sites is 1. The number of ether oxygens (including phenoxy) is 2. The van der Waals surface area contributed by atoms with Gasteiger partial charge < -0.3 is 15.2 Å². The van der Waals surface area contributed by atoms with Crippen LogP contribution in [0, 0.1) is 11.3 Å². The maximum Gasteiger partial charge on any atom is 0.249 e. The van der Waals surface area contributed by atoms with Crippen molar-refractivity contribution >= 4 is 17.4 Å². The molecule has 7 nitrogen and oxygen atoms in total. The number of hydrogen-bond acceptors (Lipinski definition) is 6. The maximum atomic E-state index is 13.5. The Labute approximate surface area is 144 Å². The lowest BCUT2D eigenvalue weighted by atomic mass is 9.67. The number of rotatable bonds is 3. The molecule has 0 aromatic heterocycles. The first kappa shape index (κ1) is 16.7. The van der Waals surface area contributed by atoms with E-state index in [4.69, 9.17) is 15.2 Å². The van der Waals surface area contributed by atoms with Crippen LogP contribution < -0.4 is 10.6 Å². The molecule has 0 saturated heterocycles. The summed E-state index contributed by atoms with van der Waals surface area (Å²) in [5, 5.41) is 9.73. The number of amides is 1. The molecule has 0 unspecified atom stereocenters. The van der Waals surface area contributed by atoms with E-state index in [0.717, 1.165) is 0 Å². The second-order valence-electron chi connectivity index (χ2n) is 5.86. The van der Waals surface area contributed by atoms with Gasteiger partial charge in [-0.1, -0.05) is 18.2 Å². The van der Waals surface area contributed by atoms with E-state index in [-0.39, 0.29) is 35.3 Å². The van der Waals surface area contributed by atoms with E-state index in [9.17, 15) is 14.9 Å². The van der Waals surface area contributed by atoms with Crippen molar-refractivity contribution in [3.05, 3.63) is 52.6 Å². The van der Waals surface area contributed by atoms with Crippen molar-refractivity contribution in [2.45, 2.75) is 19.3 Å². The van der Waals surface area contributed by atoms with Crippen molar-refractivity contribution < 1.29 is 19.1 Å². The largest absolute Gasteiger partial charge is 0.445 e. The highest BCUT2D eigenvalue weighted by molar-refractivity contribution is 6.19. The standard InChI is InChI=1S/C18H17N3O4/c1-10(22)15-11(2)25-16(20)13(8-19)18(15)12-6-4-5-7-14(12)21(9-24-3)17(18)23/h4-7H,9,20H2,1-3H3/t18-/m1/s1. The Hall–Kier alpha value is -3.11. The van der Waals surface area contributed by atoms with Gasteiger partial charge in [-0.05, 0) is 19.9 Å². The molecule has 3 rings (SSSR count). The van der Waals surface area contributed by atoms with Crippen LogP contribution in [-0.2, 0) is 24.5 Å². The molecule has 0 aliphatic carbocycles. The summed E-state index contributed by atoms with van der Waals surface area (Å²) >= 11 is 0. The van der Waals surface area contributed by atoms with Crippen LogP contribution >= 0.6 is 0 Å². The number of nitrogens with zero attached hydrogens (tertiary/aromatic N) is 2. The van der Waals surface area contributed by atoms with Crippen LogP contribution in [-0.4, -0.2) is 25.5 Å². The molecule has 0 radical (unpaired) electrons. The van der Waals surface area contributed by atoms with Gasteiger partial charge in [-0.3, -0.25) is 14.5 Å². The van der Waals surface area contributed by atoms with E-state index >= 15 is 0 Å². The van der Waals surface area contributed by atoms with E-state index in [0.29, 0.717) is 11.3 Å². The van der Waals surface area contributed by atoms with Gasteiger partial charge in [-0.15, -0.1) is 0 Å². The number of allylic oxidation sites excluding steroid dienone is 1. The van der Waals surface area contributed by atoms with E-state index in [1.165, 1.54) is 18.9 Å². The first-order valence-electron chi connectivity index (χ1n) is 7.62. The summed E-state index contributed by atoms with van der Waals surface area (Å²) in [6.07, 6.45) is 0. The SMILES string of the molecule is COCN1C(=O)[C@@]2(C(C#N)=C(N)OC(C)=C2C(C)=O)c2ccccc21. The number of carbonyl (C=O) groups excluding carboxylic acids is 2. The number of hydrogen-bond donors (Lipinski definition) is 1. The minimum Gasteiger partial charge on any atom is -0.445 e. The Kier molecular flexibility index (Phi) is 3.85. The quantitative estimate of drug-likeness (QED) is 0.894. The fourth-order valence-electron chi connectivity index (χ4n) is 3.69. The average molecular weight is 339 g/mol. The molecule has 0 bridgehead atoms. The number of Topliss-reactive ketones (excluding diaryl/α,β-unsaturated/α-hetero) is 1. The third-order valence-corrected chi connectivity index (χ3v) is 4.50. The van der Waals surface area contributed by atoms with Gasteiger partial charge in [0.1, 0.15) is 29.5 Å². The molecule has 0 saturated carbocycles. The van der Waals surface area contributed by atoms with Crippen LogP contribution in [0.2, 0.25) is 0 Å².